The van der Waals surface area contributed by atoms with Gasteiger partial charge in [-0.15, -0.1) is 11.3 Å². The van der Waals surface area contributed by atoms with Gasteiger partial charge in [-0.25, -0.2) is 0 Å². The van der Waals surface area contributed by atoms with Crippen molar-refractivity contribution in [1.29, 1.82) is 0 Å². The Morgan fingerprint density at radius 2 is 2.25 bits per heavy atom. The van der Waals surface area contributed by atoms with Crippen LogP contribution in [0.1, 0.15) is 16.7 Å². The summed E-state index contributed by atoms with van der Waals surface area (Å²) in [5.41, 5.74) is 0. The fourth-order valence-corrected chi connectivity index (χ4v) is 3.12. The molecule has 0 bridgehead atoms. The van der Waals surface area contributed by atoms with Crippen molar-refractivity contribution in [1.82, 2.24) is 8.75 Å². The molecule has 0 saturated carbocycles. The Morgan fingerprint density at radius 1 is 1.44 bits per heavy atom. The zero-order valence-corrected chi connectivity index (χ0v) is 11.4. The van der Waals surface area contributed by atoms with E-state index in [-0.39, 0.29) is 0 Å². The molecule has 1 unspecified atom stereocenters. The number of anilines is 1. The van der Waals surface area contributed by atoms with Crippen molar-refractivity contribution in [3.8, 4) is 0 Å². The Labute approximate surface area is 108 Å². The predicted molar refractivity (Wildman–Crippen MR) is 70.8 cm³/mol. The van der Waals surface area contributed by atoms with Gasteiger partial charge in [-0.1, -0.05) is 11.6 Å². The second-order valence-electron chi connectivity index (χ2n) is 3.67. The topological polar surface area (TPSA) is 37.8 Å². The molecule has 0 saturated heterocycles. The van der Waals surface area contributed by atoms with Crippen LogP contribution in [0, 0.1) is 6.92 Å². The summed E-state index contributed by atoms with van der Waals surface area (Å²) < 4.78 is 8.01. The summed E-state index contributed by atoms with van der Waals surface area (Å²) in [7, 11) is 0. The lowest BCUT2D eigenvalue weighted by molar-refractivity contribution is 0.797. The van der Waals surface area contributed by atoms with E-state index in [1.54, 1.807) is 0 Å². The Morgan fingerprint density at radius 3 is 2.81 bits per heavy atom. The molecule has 0 aliphatic rings. The molecule has 0 amide bonds. The van der Waals surface area contributed by atoms with E-state index in [1.807, 2.05) is 11.3 Å². The smallest absolute Gasteiger partial charge is 0.186 e. The van der Waals surface area contributed by atoms with Gasteiger partial charge in [0.15, 0.2) is 11.0 Å². The summed E-state index contributed by atoms with van der Waals surface area (Å²) in [5.74, 6) is 0.687. The molecule has 2 aromatic heterocycles. The minimum Gasteiger partial charge on any atom is -0.364 e. The maximum absolute atomic E-state index is 5.87. The van der Waals surface area contributed by atoms with Crippen LogP contribution in [0.15, 0.2) is 12.1 Å². The molecule has 0 aromatic carbocycles. The Kier molecular flexibility index (Phi) is 3.78. The monoisotopic (exact) mass is 273 g/mol. The molecule has 0 aliphatic heterocycles. The summed E-state index contributed by atoms with van der Waals surface area (Å²) in [5, 5.41) is 3.72. The van der Waals surface area contributed by atoms with Crippen molar-refractivity contribution in [3.05, 3.63) is 27.0 Å². The highest BCUT2D eigenvalue weighted by atomic mass is 35.5. The maximum atomic E-state index is 5.87. The number of thiophene rings is 1. The van der Waals surface area contributed by atoms with Gasteiger partial charge in [-0.2, -0.15) is 8.75 Å². The van der Waals surface area contributed by atoms with Gasteiger partial charge >= 0.3 is 0 Å². The third kappa shape index (κ3) is 2.93. The summed E-state index contributed by atoms with van der Waals surface area (Å²) in [6, 6.07) is 4.61. The number of aryl methyl sites for hydroxylation is 1. The van der Waals surface area contributed by atoms with Crippen molar-refractivity contribution in [3.63, 3.8) is 0 Å². The van der Waals surface area contributed by atoms with E-state index in [9.17, 15) is 0 Å². The number of halogens is 1. The summed E-state index contributed by atoms with van der Waals surface area (Å²) in [4.78, 5) is 2.72. The molecule has 0 radical (unpaired) electrons. The normalized spacial score (nSPS) is 12.7. The van der Waals surface area contributed by atoms with Gasteiger partial charge in [0, 0.05) is 22.2 Å². The number of hydrogen-bond donors (Lipinski definition) is 1. The number of nitrogens with zero attached hydrogens (tertiary/aromatic N) is 2. The van der Waals surface area contributed by atoms with Crippen LogP contribution >= 0.6 is 34.7 Å². The van der Waals surface area contributed by atoms with E-state index < -0.39 is 0 Å². The van der Waals surface area contributed by atoms with Crippen molar-refractivity contribution in [2.24, 2.45) is 0 Å². The Bertz CT molecular complexity index is 466. The number of rotatable bonds is 4. The molecular weight excluding hydrogens is 262 g/mol. The zero-order valence-electron chi connectivity index (χ0n) is 9.03. The van der Waals surface area contributed by atoms with Gasteiger partial charge in [0.05, 0.1) is 11.7 Å². The molecule has 0 fully saturated rings. The average molecular weight is 274 g/mol. The second-order valence-corrected chi connectivity index (χ2v) is 5.92. The van der Waals surface area contributed by atoms with E-state index in [0.717, 1.165) is 18.1 Å². The number of hydrogen-bond acceptors (Lipinski definition) is 5. The van der Waals surface area contributed by atoms with Crippen LogP contribution in [0.25, 0.3) is 0 Å². The first kappa shape index (κ1) is 11.8. The lowest BCUT2D eigenvalue weighted by Crippen LogP contribution is -2.17. The Balaban J connectivity index is 1.94. The first-order valence-corrected chi connectivity index (χ1v) is 6.87. The van der Waals surface area contributed by atoms with Crippen molar-refractivity contribution in [2.45, 2.75) is 26.3 Å². The third-order valence-electron chi connectivity index (χ3n) is 2.13. The second kappa shape index (κ2) is 5.12. The fraction of sp³-hybridized carbons (Fsp3) is 0.400. The van der Waals surface area contributed by atoms with E-state index in [1.165, 1.54) is 9.75 Å². The standard InChI is InChI=1S/C10H12ClN3S2/c1-6(5-8-4-3-7(2)15-8)12-10-9(11)13-16-14-10/h3-4,6H,5H2,1-2H3,(H,12,14). The van der Waals surface area contributed by atoms with Crippen molar-refractivity contribution >= 4 is 40.5 Å². The first-order valence-electron chi connectivity index (χ1n) is 4.95. The molecule has 3 nitrogen and oxygen atoms in total. The van der Waals surface area contributed by atoms with E-state index in [4.69, 9.17) is 11.6 Å². The number of nitrogens with one attached hydrogen (secondary N) is 1. The molecule has 1 N–H and O–H groups in total. The Hall–Kier alpha value is -0.650. The summed E-state index contributed by atoms with van der Waals surface area (Å²) in [6.07, 6.45) is 0.979. The van der Waals surface area contributed by atoms with E-state index >= 15 is 0 Å². The van der Waals surface area contributed by atoms with Crippen LogP contribution in [0.3, 0.4) is 0 Å². The van der Waals surface area contributed by atoms with E-state index in [0.29, 0.717) is 17.0 Å². The quantitative estimate of drug-likeness (QED) is 0.925. The summed E-state index contributed by atoms with van der Waals surface area (Å²) in [6.45, 7) is 4.23. The summed E-state index contributed by atoms with van der Waals surface area (Å²) >= 11 is 8.82. The molecule has 6 heteroatoms. The average Bonchev–Trinajstić information content (AvgIpc) is 2.77. The van der Waals surface area contributed by atoms with Crippen LogP contribution in [0.2, 0.25) is 5.15 Å². The maximum Gasteiger partial charge on any atom is 0.186 e. The fourth-order valence-electron chi connectivity index (χ4n) is 1.44. The molecule has 16 heavy (non-hydrogen) atoms. The van der Waals surface area contributed by atoms with Crippen LogP contribution < -0.4 is 5.32 Å². The third-order valence-corrected chi connectivity index (χ3v) is 4.05. The van der Waals surface area contributed by atoms with Crippen molar-refractivity contribution in [2.75, 3.05) is 5.32 Å². The molecule has 1 atom stereocenters. The van der Waals surface area contributed by atoms with Crippen LogP contribution in [0.4, 0.5) is 5.82 Å². The van der Waals surface area contributed by atoms with Crippen LogP contribution in [0.5, 0.6) is 0 Å². The molecule has 0 aliphatic carbocycles. The highest BCUT2D eigenvalue weighted by Crippen LogP contribution is 2.21. The first-order chi connectivity index (χ1) is 7.65. The minimum absolute atomic E-state index is 0.305. The van der Waals surface area contributed by atoms with Gasteiger partial charge in [-0.3, -0.25) is 0 Å². The zero-order chi connectivity index (χ0) is 11.5. The molecular formula is C10H12ClN3S2. The van der Waals surface area contributed by atoms with E-state index in [2.05, 4.69) is 40.0 Å². The van der Waals surface area contributed by atoms with Crippen LogP contribution in [-0.2, 0) is 6.42 Å². The van der Waals surface area contributed by atoms with Gasteiger partial charge in [-0.05, 0) is 26.0 Å². The predicted octanol–water partition coefficient (Wildman–Crippen LogP) is 3.60. The van der Waals surface area contributed by atoms with Crippen molar-refractivity contribution < 1.29 is 0 Å². The molecule has 86 valence electrons. The highest BCUT2D eigenvalue weighted by molar-refractivity contribution is 7.11. The highest BCUT2D eigenvalue weighted by Gasteiger charge is 2.10. The van der Waals surface area contributed by atoms with Crippen LogP contribution in [-0.4, -0.2) is 14.8 Å². The number of aromatic nitrogens is 2. The molecule has 0 spiro atoms. The minimum atomic E-state index is 0.305. The molecule has 2 aromatic rings. The largest absolute Gasteiger partial charge is 0.364 e. The van der Waals surface area contributed by atoms with Gasteiger partial charge in [0.2, 0.25) is 0 Å². The lowest BCUT2D eigenvalue weighted by Gasteiger charge is -2.11. The molecule has 2 rings (SSSR count). The van der Waals surface area contributed by atoms with Gasteiger partial charge < -0.3 is 5.32 Å². The van der Waals surface area contributed by atoms with Gasteiger partial charge in [0.25, 0.3) is 0 Å². The lowest BCUT2D eigenvalue weighted by atomic mass is 10.2. The molecule has 2 heterocycles. The van der Waals surface area contributed by atoms with Gasteiger partial charge in [0.1, 0.15) is 0 Å². The SMILES string of the molecule is Cc1ccc(CC(C)Nc2nsnc2Cl)s1.